The fourth-order valence-corrected chi connectivity index (χ4v) is 3.26. The van der Waals surface area contributed by atoms with E-state index in [-0.39, 0.29) is 0 Å². The standard InChI is InChI=1S/C17H28NO2S/c1-3-5-7-8-10-16-11-13-17(14-12-16)21(19,20)18-15-9-6-4-2/h11-14,18H,1,3-10,15H2,2H3. The third kappa shape index (κ3) is 7.09. The highest BCUT2D eigenvalue weighted by Crippen LogP contribution is 2.13. The summed E-state index contributed by atoms with van der Waals surface area (Å²) in [7, 11) is -3.34. The molecule has 0 heterocycles. The first-order valence-electron chi connectivity index (χ1n) is 7.98. The molecule has 0 unspecified atom stereocenters. The minimum Gasteiger partial charge on any atom is -0.211 e. The molecule has 0 saturated carbocycles. The lowest BCUT2D eigenvalue weighted by Gasteiger charge is -2.07. The van der Waals surface area contributed by atoms with Crippen LogP contribution in [0, 0.1) is 6.92 Å². The number of nitrogens with one attached hydrogen (secondary N) is 1. The first-order valence-corrected chi connectivity index (χ1v) is 9.46. The van der Waals surface area contributed by atoms with Gasteiger partial charge < -0.3 is 0 Å². The molecule has 0 saturated heterocycles. The van der Waals surface area contributed by atoms with E-state index >= 15 is 0 Å². The molecule has 1 aromatic carbocycles. The summed E-state index contributed by atoms with van der Waals surface area (Å²) in [6.07, 6.45) is 8.50. The van der Waals surface area contributed by atoms with Crippen LogP contribution in [0.2, 0.25) is 0 Å². The van der Waals surface area contributed by atoms with Crippen LogP contribution in [0.15, 0.2) is 29.2 Å². The number of sulfonamides is 1. The van der Waals surface area contributed by atoms with Crippen molar-refractivity contribution in [2.45, 2.75) is 63.2 Å². The monoisotopic (exact) mass is 310 g/mol. The number of rotatable bonds is 11. The van der Waals surface area contributed by atoms with E-state index in [1.165, 1.54) is 12.0 Å². The SMILES string of the molecule is [CH2]CCCCCc1ccc(S(=O)(=O)NCCCCC)cc1. The maximum Gasteiger partial charge on any atom is 0.240 e. The molecule has 0 aliphatic heterocycles. The fourth-order valence-electron chi connectivity index (χ4n) is 2.18. The molecule has 1 rings (SSSR count). The predicted octanol–water partition coefficient (Wildman–Crippen LogP) is 4.09. The Balaban J connectivity index is 2.48. The van der Waals surface area contributed by atoms with Gasteiger partial charge in [-0.2, -0.15) is 0 Å². The van der Waals surface area contributed by atoms with Gasteiger partial charge in [0.25, 0.3) is 0 Å². The maximum atomic E-state index is 12.1. The zero-order chi connectivity index (χ0) is 15.6. The first-order chi connectivity index (χ1) is 10.1. The Kier molecular flexibility index (Phi) is 8.62. The smallest absolute Gasteiger partial charge is 0.211 e. The van der Waals surface area contributed by atoms with Crippen LogP contribution in [0.25, 0.3) is 0 Å². The lowest BCUT2D eigenvalue weighted by atomic mass is 10.1. The largest absolute Gasteiger partial charge is 0.240 e. The van der Waals surface area contributed by atoms with E-state index in [9.17, 15) is 8.42 Å². The number of benzene rings is 1. The van der Waals surface area contributed by atoms with Crippen molar-refractivity contribution in [1.29, 1.82) is 0 Å². The van der Waals surface area contributed by atoms with Gasteiger partial charge in [-0.05, 0) is 37.0 Å². The van der Waals surface area contributed by atoms with Gasteiger partial charge in [0.15, 0.2) is 0 Å². The molecule has 0 aliphatic rings. The fraction of sp³-hybridized carbons (Fsp3) is 0.588. The van der Waals surface area contributed by atoms with E-state index in [4.69, 9.17) is 0 Å². The number of unbranched alkanes of at least 4 members (excludes halogenated alkanes) is 5. The van der Waals surface area contributed by atoms with Crippen molar-refractivity contribution in [3.05, 3.63) is 36.8 Å². The molecule has 4 heteroatoms. The molecule has 1 N–H and O–H groups in total. The van der Waals surface area contributed by atoms with Crippen molar-refractivity contribution < 1.29 is 8.42 Å². The van der Waals surface area contributed by atoms with E-state index < -0.39 is 10.0 Å². The minimum absolute atomic E-state index is 0.362. The summed E-state index contributed by atoms with van der Waals surface area (Å²) < 4.78 is 26.8. The molecule has 0 atom stereocenters. The van der Waals surface area contributed by atoms with Gasteiger partial charge in [0.1, 0.15) is 0 Å². The molecule has 1 aromatic rings. The summed E-state index contributed by atoms with van der Waals surface area (Å²) >= 11 is 0. The van der Waals surface area contributed by atoms with Gasteiger partial charge in [0.2, 0.25) is 10.0 Å². The highest BCUT2D eigenvalue weighted by molar-refractivity contribution is 7.89. The maximum absolute atomic E-state index is 12.1. The molecule has 0 bridgehead atoms. The van der Waals surface area contributed by atoms with Gasteiger partial charge in [0.05, 0.1) is 4.90 Å². The predicted molar refractivity (Wildman–Crippen MR) is 88.7 cm³/mol. The second-order valence-corrected chi connectivity index (χ2v) is 7.18. The average Bonchev–Trinajstić information content (AvgIpc) is 2.49. The van der Waals surface area contributed by atoms with E-state index in [1.807, 2.05) is 12.1 Å². The van der Waals surface area contributed by atoms with Crippen LogP contribution in [0.4, 0.5) is 0 Å². The van der Waals surface area contributed by atoms with Crippen LogP contribution in [0.3, 0.4) is 0 Å². The number of hydrogen-bond donors (Lipinski definition) is 1. The molecule has 0 aromatic heterocycles. The Hall–Kier alpha value is -0.870. The van der Waals surface area contributed by atoms with Crippen LogP contribution in [-0.4, -0.2) is 15.0 Å². The lowest BCUT2D eigenvalue weighted by molar-refractivity contribution is 0.576. The Morgan fingerprint density at radius 1 is 1.00 bits per heavy atom. The molecular formula is C17H28NO2S. The molecule has 1 radical (unpaired) electrons. The van der Waals surface area contributed by atoms with E-state index in [1.54, 1.807) is 12.1 Å². The Bertz CT molecular complexity index is 480. The van der Waals surface area contributed by atoms with Crippen LogP contribution < -0.4 is 4.72 Å². The molecule has 0 amide bonds. The molecule has 0 fully saturated rings. The second kappa shape index (κ2) is 9.96. The Morgan fingerprint density at radius 2 is 1.71 bits per heavy atom. The van der Waals surface area contributed by atoms with Crippen LogP contribution >= 0.6 is 0 Å². The summed E-state index contributed by atoms with van der Waals surface area (Å²) in [6, 6.07) is 7.26. The Morgan fingerprint density at radius 3 is 2.33 bits per heavy atom. The summed E-state index contributed by atoms with van der Waals surface area (Å²) in [6.45, 7) is 6.45. The third-order valence-electron chi connectivity index (χ3n) is 3.52. The quantitative estimate of drug-likeness (QED) is 0.626. The number of aryl methyl sites for hydroxylation is 1. The summed E-state index contributed by atoms with van der Waals surface area (Å²) in [5.74, 6) is 0. The van der Waals surface area contributed by atoms with Gasteiger partial charge in [-0.15, -0.1) is 0 Å². The Labute approximate surface area is 130 Å². The first kappa shape index (κ1) is 18.2. The topological polar surface area (TPSA) is 46.2 Å². The summed E-state index contributed by atoms with van der Waals surface area (Å²) in [5.41, 5.74) is 1.20. The average molecular weight is 310 g/mol. The van der Waals surface area contributed by atoms with E-state index in [0.717, 1.165) is 44.9 Å². The molecule has 3 nitrogen and oxygen atoms in total. The van der Waals surface area contributed by atoms with Crippen LogP contribution in [-0.2, 0) is 16.4 Å². The molecule has 0 aliphatic carbocycles. The van der Waals surface area contributed by atoms with Crippen LogP contribution in [0.5, 0.6) is 0 Å². The molecular weight excluding hydrogens is 282 g/mol. The van der Waals surface area contributed by atoms with Crippen molar-refractivity contribution in [2.24, 2.45) is 0 Å². The summed E-state index contributed by atoms with van der Waals surface area (Å²) in [5, 5.41) is 0. The van der Waals surface area contributed by atoms with Crippen molar-refractivity contribution in [3.63, 3.8) is 0 Å². The number of hydrogen-bond acceptors (Lipinski definition) is 2. The lowest BCUT2D eigenvalue weighted by Crippen LogP contribution is -2.24. The highest BCUT2D eigenvalue weighted by atomic mass is 32.2. The van der Waals surface area contributed by atoms with Gasteiger partial charge in [-0.3, -0.25) is 0 Å². The molecule has 21 heavy (non-hydrogen) atoms. The zero-order valence-electron chi connectivity index (χ0n) is 13.1. The van der Waals surface area contributed by atoms with Gasteiger partial charge in [0, 0.05) is 6.54 Å². The van der Waals surface area contributed by atoms with Crippen molar-refractivity contribution in [1.82, 2.24) is 4.72 Å². The zero-order valence-corrected chi connectivity index (χ0v) is 13.9. The van der Waals surface area contributed by atoms with Crippen molar-refractivity contribution >= 4 is 10.0 Å². The van der Waals surface area contributed by atoms with E-state index in [2.05, 4.69) is 18.6 Å². The van der Waals surface area contributed by atoms with Crippen LogP contribution in [0.1, 0.15) is 57.4 Å². The van der Waals surface area contributed by atoms with Gasteiger partial charge in [-0.1, -0.05) is 58.1 Å². The van der Waals surface area contributed by atoms with E-state index in [0.29, 0.717) is 11.4 Å². The van der Waals surface area contributed by atoms with Crippen molar-refractivity contribution in [3.8, 4) is 0 Å². The second-order valence-electron chi connectivity index (χ2n) is 5.41. The summed E-state index contributed by atoms with van der Waals surface area (Å²) in [4.78, 5) is 0.362. The van der Waals surface area contributed by atoms with Gasteiger partial charge >= 0.3 is 0 Å². The molecule has 119 valence electrons. The third-order valence-corrected chi connectivity index (χ3v) is 5.00. The highest BCUT2D eigenvalue weighted by Gasteiger charge is 2.12. The molecule has 0 spiro atoms. The van der Waals surface area contributed by atoms with Gasteiger partial charge in [-0.25, -0.2) is 13.1 Å². The van der Waals surface area contributed by atoms with Crippen molar-refractivity contribution in [2.75, 3.05) is 6.54 Å². The normalized spacial score (nSPS) is 11.7. The minimum atomic E-state index is -3.34.